The topological polar surface area (TPSA) is 87.6 Å². The van der Waals surface area contributed by atoms with Gasteiger partial charge in [0.05, 0.1) is 6.61 Å². The van der Waals surface area contributed by atoms with Crippen molar-refractivity contribution in [3.8, 4) is 11.4 Å². The Morgan fingerprint density at radius 3 is 2.69 bits per heavy atom. The maximum Gasteiger partial charge on any atom is 0.375 e. The molecule has 0 spiro atoms. The number of benzene rings is 2. The summed E-state index contributed by atoms with van der Waals surface area (Å²) in [5.74, 6) is 0.0403. The molecule has 0 bridgehead atoms. The number of rotatable bonds is 7. The van der Waals surface area contributed by atoms with Gasteiger partial charge in [0, 0.05) is 28.1 Å². The second-order valence-electron chi connectivity index (χ2n) is 6.14. The van der Waals surface area contributed by atoms with Crippen molar-refractivity contribution in [3.63, 3.8) is 0 Å². The number of hydrogen-bond acceptors (Lipinski definition) is 7. The highest BCUT2D eigenvalue weighted by Gasteiger charge is 2.22. The van der Waals surface area contributed by atoms with Gasteiger partial charge in [0.1, 0.15) is 5.58 Å². The Labute approximate surface area is 171 Å². The molecule has 7 nitrogen and oxygen atoms in total. The third-order valence-corrected chi connectivity index (χ3v) is 4.48. The largest absolute Gasteiger partial charge is 0.450 e. The Hall–Kier alpha value is -3.16. The molecule has 0 amide bonds. The van der Waals surface area contributed by atoms with Crippen molar-refractivity contribution >= 4 is 28.5 Å². The maximum atomic E-state index is 12.6. The zero-order chi connectivity index (χ0) is 20.2. The summed E-state index contributed by atoms with van der Waals surface area (Å²) in [6.07, 6.45) is 0. The first-order valence-corrected chi connectivity index (χ1v) is 9.37. The zero-order valence-electron chi connectivity index (χ0n) is 15.6. The first kappa shape index (κ1) is 19.2. The molecular weight excluding hydrogens is 396 g/mol. The van der Waals surface area contributed by atoms with Crippen LogP contribution in [0.3, 0.4) is 0 Å². The van der Waals surface area contributed by atoms with E-state index < -0.39 is 5.97 Å². The molecule has 0 aliphatic heterocycles. The van der Waals surface area contributed by atoms with E-state index in [1.54, 1.807) is 30.3 Å². The van der Waals surface area contributed by atoms with Crippen molar-refractivity contribution in [1.82, 2.24) is 10.1 Å². The van der Waals surface area contributed by atoms with Crippen LogP contribution in [0.5, 0.6) is 0 Å². The number of halogens is 1. The van der Waals surface area contributed by atoms with Crippen molar-refractivity contribution < 1.29 is 23.2 Å². The van der Waals surface area contributed by atoms with Gasteiger partial charge >= 0.3 is 5.97 Å². The summed E-state index contributed by atoms with van der Waals surface area (Å²) in [4.78, 5) is 16.8. The van der Waals surface area contributed by atoms with Gasteiger partial charge in [0.15, 0.2) is 6.61 Å². The number of nitrogens with zero attached hydrogens (tertiary/aromatic N) is 2. The quantitative estimate of drug-likeness (QED) is 0.393. The Kier molecular flexibility index (Phi) is 5.59. The van der Waals surface area contributed by atoms with Crippen LogP contribution in [0, 0.1) is 0 Å². The lowest BCUT2D eigenvalue weighted by Crippen LogP contribution is -2.08. The minimum absolute atomic E-state index is 0.108. The van der Waals surface area contributed by atoms with E-state index in [0.29, 0.717) is 28.6 Å². The zero-order valence-corrected chi connectivity index (χ0v) is 16.3. The Morgan fingerprint density at radius 1 is 1.10 bits per heavy atom. The van der Waals surface area contributed by atoms with E-state index in [0.717, 1.165) is 10.9 Å². The molecule has 0 fully saturated rings. The van der Waals surface area contributed by atoms with Crippen LogP contribution in [0.15, 0.2) is 57.5 Å². The van der Waals surface area contributed by atoms with Gasteiger partial charge in [-0.05, 0) is 37.3 Å². The molecule has 8 heteroatoms. The highest BCUT2D eigenvalue weighted by molar-refractivity contribution is 6.30. The highest BCUT2D eigenvalue weighted by atomic mass is 35.5. The molecule has 148 valence electrons. The van der Waals surface area contributed by atoms with Crippen LogP contribution in [0.2, 0.25) is 5.02 Å². The summed E-state index contributed by atoms with van der Waals surface area (Å²) in [5, 5.41) is 5.32. The first-order chi connectivity index (χ1) is 14.2. The third kappa shape index (κ3) is 4.16. The second-order valence-corrected chi connectivity index (χ2v) is 6.57. The minimum atomic E-state index is -0.623. The van der Waals surface area contributed by atoms with Crippen LogP contribution in [-0.2, 0) is 22.7 Å². The van der Waals surface area contributed by atoms with Gasteiger partial charge in [-0.3, -0.25) is 0 Å². The van der Waals surface area contributed by atoms with Crippen molar-refractivity contribution in [1.29, 1.82) is 0 Å². The Bertz CT molecular complexity index is 1130. The van der Waals surface area contributed by atoms with E-state index in [-0.39, 0.29) is 24.9 Å². The summed E-state index contributed by atoms with van der Waals surface area (Å²) in [5.41, 5.74) is 1.99. The molecule has 0 radical (unpaired) electrons. The van der Waals surface area contributed by atoms with Gasteiger partial charge < -0.3 is 18.4 Å². The fourth-order valence-electron chi connectivity index (χ4n) is 2.83. The van der Waals surface area contributed by atoms with Crippen LogP contribution >= 0.6 is 11.6 Å². The van der Waals surface area contributed by atoms with Crippen LogP contribution < -0.4 is 0 Å². The number of carbonyl (C=O) groups is 1. The fraction of sp³-hybridized carbons (Fsp3) is 0.190. The van der Waals surface area contributed by atoms with Gasteiger partial charge in [0.25, 0.3) is 5.89 Å². The molecule has 4 rings (SSSR count). The van der Waals surface area contributed by atoms with E-state index in [9.17, 15) is 4.79 Å². The van der Waals surface area contributed by atoms with Gasteiger partial charge in [-0.1, -0.05) is 35.0 Å². The molecule has 4 aromatic rings. The van der Waals surface area contributed by atoms with Gasteiger partial charge in [-0.25, -0.2) is 4.79 Å². The number of fused-ring (bicyclic) bond motifs is 1. The highest BCUT2D eigenvalue weighted by Crippen LogP contribution is 2.27. The minimum Gasteiger partial charge on any atom is -0.450 e. The first-order valence-electron chi connectivity index (χ1n) is 8.99. The number of carbonyl (C=O) groups excluding carboxylic acids is 1. The third-order valence-electron chi connectivity index (χ3n) is 4.23. The molecule has 0 saturated heterocycles. The molecule has 0 aliphatic carbocycles. The van der Waals surface area contributed by atoms with E-state index in [1.165, 1.54) is 0 Å². The normalized spacial score (nSPS) is 11.1. The van der Waals surface area contributed by atoms with E-state index in [2.05, 4.69) is 10.1 Å². The van der Waals surface area contributed by atoms with Crippen LogP contribution in [-0.4, -0.2) is 22.7 Å². The Morgan fingerprint density at radius 2 is 1.90 bits per heavy atom. The monoisotopic (exact) mass is 412 g/mol. The van der Waals surface area contributed by atoms with E-state index in [4.69, 9.17) is 30.0 Å². The number of furan rings is 1. The molecule has 2 aromatic carbocycles. The average molecular weight is 413 g/mol. The second kappa shape index (κ2) is 8.46. The van der Waals surface area contributed by atoms with Crippen molar-refractivity contribution in [2.45, 2.75) is 20.1 Å². The van der Waals surface area contributed by atoms with Crippen molar-refractivity contribution in [2.75, 3.05) is 6.61 Å². The average Bonchev–Trinajstić information content (AvgIpc) is 3.36. The standard InChI is InChI=1S/C21H17ClN2O5/c1-2-26-11-16-15-5-3-4-6-17(15)28-19(16)21(25)27-12-18-23-20(24-29-18)13-7-9-14(22)10-8-13/h3-10H,2,11-12H2,1H3. The van der Waals surface area contributed by atoms with Gasteiger partial charge in [-0.2, -0.15) is 4.98 Å². The number of esters is 1. The van der Waals surface area contributed by atoms with E-state index >= 15 is 0 Å². The molecule has 0 aliphatic rings. The molecule has 2 heterocycles. The van der Waals surface area contributed by atoms with Crippen molar-refractivity contribution in [2.24, 2.45) is 0 Å². The molecule has 0 unspecified atom stereocenters. The van der Waals surface area contributed by atoms with Crippen LogP contribution in [0.25, 0.3) is 22.4 Å². The van der Waals surface area contributed by atoms with Crippen LogP contribution in [0.1, 0.15) is 28.9 Å². The number of para-hydroxylation sites is 1. The summed E-state index contributed by atoms with van der Waals surface area (Å²) >= 11 is 5.88. The smallest absolute Gasteiger partial charge is 0.375 e. The van der Waals surface area contributed by atoms with Crippen molar-refractivity contribution in [3.05, 3.63) is 70.8 Å². The molecule has 29 heavy (non-hydrogen) atoms. The van der Waals surface area contributed by atoms with E-state index in [1.807, 2.05) is 25.1 Å². The number of aromatic nitrogens is 2. The summed E-state index contributed by atoms with van der Waals surface area (Å²) in [6, 6.07) is 14.4. The summed E-state index contributed by atoms with van der Waals surface area (Å²) in [6.45, 7) is 2.47. The SMILES string of the molecule is CCOCc1c(C(=O)OCc2nc(-c3ccc(Cl)cc3)no2)oc2ccccc12. The molecule has 0 saturated carbocycles. The molecule has 2 aromatic heterocycles. The molecular formula is C21H17ClN2O5. The predicted molar refractivity (Wildman–Crippen MR) is 105 cm³/mol. The van der Waals surface area contributed by atoms with Gasteiger partial charge in [-0.15, -0.1) is 0 Å². The molecule has 0 N–H and O–H groups in total. The summed E-state index contributed by atoms with van der Waals surface area (Å²) < 4.78 is 21.7. The van der Waals surface area contributed by atoms with Gasteiger partial charge in [0.2, 0.25) is 11.6 Å². The predicted octanol–water partition coefficient (Wildman–Crippen LogP) is 5.03. The Balaban J connectivity index is 1.49. The maximum absolute atomic E-state index is 12.6. The lowest BCUT2D eigenvalue weighted by Gasteiger charge is -2.03. The number of hydrogen-bond donors (Lipinski definition) is 0. The lowest BCUT2D eigenvalue weighted by molar-refractivity contribution is 0.0388. The van der Waals surface area contributed by atoms with Crippen LogP contribution in [0.4, 0.5) is 0 Å². The lowest BCUT2D eigenvalue weighted by atomic mass is 10.1. The molecule has 0 atom stereocenters. The fourth-order valence-corrected chi connectivity index (χ4v) is 2.96. The summed E-state index contributed by atoms with van der Waals surface area (Å²) in [7, 11) is 0. The number of ether oxygens (including phenoxy) is 2.